The minimum atomic E-state index is -0.197. The maximum atomic E-state index is 13.4. The van der Waals surface area contributed by atoms with Crippen molar-refractivity contribution in [2.75, 3.05) is 26.2 Å². The summed E-state index contributed by atoms with van der Waals surface area (Å²) in [4.78, 5) is 7.10. The van der Waals surface area contributed by atoms with E-state index in [1.807, 2.05) is 0 Å². The molecule has 1 aliphatic heterocycles. The quantitative estimate of drug-likeness (QED) is 0.930. The van der Waals surface area contributed by atoms with Crippen LogP contribution in [0.25, 0.3) is 11.0 Å². The molecule has 0 amide bonds. The summed E-state index contributed by atoms with van der Waals surface area (Å²) in [5, 5.41) is 3.41. The number of aryl methyl sites for hydroxylation is 1. The summed E-state index contributed by atoms with van der Waals surface area (Å²) in [5.74, 6) is 0.840. The van der Waals surface area contributed by atoms with Crippen LogP contribution in [0.3, 0.4) is 0 Å². The molecule has 1 aromatic carbocycles. The van der Waals surface area contributed by atoms with E-state index in [4.69, 9.17) is 0 Å². The smallest absolute Gasteiger partial charge is 0.125 e. The van der Waals surface area contributed by atoms with E-state index in [0.717, 1.165) is 56.1 Å². The number of rotatable bonds is 3. The number of hydrogen-bond donors (Lipinski definition) is 1. The Balaban J connectivity index is 1.90. The number of hydrogen-bond acceptors (Lipinski definition) is 3. The van der Waals surface area contributed by atoms with Gasteiger partial charge in [0.25, 0.3) is 0 Å². The van der Waals surface area contributed by atoms with Gasteiger partial charge in [0.05, 0.1) is 17.6 Å². The molecule has 0 bridgehead atoms. The fourth-order valence-electron chi connectivity index (χ4n) is 2.88. The van der Waals surface area contributed by atoms with Gasteiger partial charge in [0.1, 0.15) is 11.6 Å². The summed E-state index contributed by atoms with van der Waals surface area (Å²) in [5.41, 5.74) is 1.78. The van der Waals surface area contributed by atoms with Gasteiger partial charge in [-0.25, -0.2) is 9.37 Å². The standard InChI is InChI=1S/C15H21FN4/c1-2-20-14-10-12(16)4-5-13(14)18-15(20)11-19-8-3-6-17-7-9-19/h4-5,10,17H,2-3,6-9,11H2,1H3. The molecule has 1 aliphatic rings. The van der Waals surface area contributed by atoms with Crippen LogP contribution in [0.4, 0.5) is 4.39 Å². The molecule has 2 aromatic rings. The van der Waals surface area contributed by atoms with Crippen molar-refractivity contribution in [2.24, 2.45) is 0 Å². The first-order valence-electron chi connectivity index (χ1n) is 7.35. The van der Waals surface area contributed by atoms with Crippen molar-refractivity contribution in [3.05, 3.63) is 29.8 Å². The van der Waals surface area contributed by atoms with Crippen LogP contribution in [0.1, 0.15) is 19.2 Å². The second-order valence-electron chi connectivity index (χ2n) is 5.29. The zero-order chi connectivity index (χ0) is 13.9. The summed E-state index contributed by atoms with van der Waals surface area (Å²) in [7, 11) is 0. The second-order valence-corrected chi connectivity index (χ2v) is 5.29. The number of halogens is 1. The van der Waals surface area contributed by atoms with Gasteiger partial charge in [0.2, 0.25) is 0 Å². The zero-order valence-corrected chi connectivity index (χ0v) is 11.9. The van der Waals surface area contributed by atoms with Crippen LogP contribution < -0.4 is 5.32 Å². The Morgan fingerprint density at radius 3 is 3.05 bits per heavy atom. The molecule has 2 heterocycles. The van der Waals surface area contributed by atoms with E-state index < -0.39 is 0 Å². The van der Waals surface area contributed by atoms with Crippen molar-refractivity contribution in [3.8, 4) is 0 Å². The summed E-state index contributed by atoms with van der Waals surface area (Å²) >= 11 is 0. The van der Waals surface area contributed by atoms with Crippen molar-refractivity contribution in [3.63, 3.8) is 0 Å². The average molecular weight is 276 g/mol. The molecule has 0 radical (unpaired) electrons. The predicted octanol–water partition coefficient (Wildman–Crippen LogP) is 1.99. The number of imidazole rings is 1. The third kappa shape index (κ3) is 2.69. The molecule has 0 aliphatic carbocycles. The van der Waals surface area contributed by atoms with Gasteiger partial charge in [-0.1, -0.05) is 0 Å². The molecule has 0 atom stereocenters. The van der Waals surface area contributed by atoms with E-state index in [1.54, 1.807) is 12.1 Å². The first-order valence-corrected chi connectivity index (χ1v) is 7.35. The van der Waals surface area contributed by atoms with Crippen molar-refractivity contribution >= 4 is 11.0 Å². The minimum Gasteiger partial charge on any atom is -0.327 e. The Labute approximate surface area is 118 Å². The second kappa shape index (κ2) is 5.89. The van der Waals surface area contributed by atoms with E-state index >= 15 is 0 Å². The van der Waals surface area contributed by atoms with Gasteiger partial charge in [-0.15, -0.1) is 0 Å². The lowest BCUT2D eigenvalue weighted by molar-refractivity contribution is 0.274. The molecule has 20 heavy (non-hydrogen) atoms. The minimum absolute atomic E-state index is 0.197. The molecular weight excluding hydrogens is 255 g/mol. The highest BCUT2D eigenvalue weighted by atomic mass is 19.1. The van der Waals surface area contributed by atoms with Crippen LogP contribution in [0, 0.1) is 5.82 Å². The number of nitrogens with zero attached hydrogens (tertiary/aromatic N) is 3. The van der Waals surface area contributed by atoms with Gasteiger partial charge in [-0.2, -0.15) is 0 Å². The van der Waals surface area contributed by atoms with Crippen LogP contribution in [0.5, 0.6) is 0 Å². The van der Waals surface area contributed by atoms with Gasteiger partial charge >= 0.3 is 0 Å². The lowest BCUT2D eigenvalue weighted by atomic mass is 10.3. The Bertz CT molecular complexity index is 585. The lowest BCUT2D eigenvalue weighted by Gasteiger charge is -2.19. The van der Waals surface area contributed by atoms with Crippen molar-refractivity contribution < 1.29 is 4.39 Å². The van der Waals surface area contributed by atoms with E-state index in [-0.39, 0.29) is 5.82 Å². The molecule has 0 unspecified atom stereocenters. The lowest BCUT2D eigenvalue weighted by Crippen LogP contribution is -2.29. The summed E-state index contributed by atoms with van der Waals surface area (Å²) in [6, 6.07) is 4.83. The molecular formula is C15H21FN4. The molecule has 3 rings (SSSR count). The number of aromatic nitrogens is 2. The highest BCUT2D eigenvalue weighted by Crippen LogP contribution is 2.19. The fourth-order valence-corrected chi connectivity index (χ4v) is 2.88. The Hall–Kier alpha value is -1.46. The van der Waals surface area contributed by atoms with Crippen LogP contribution in [-0.4, -0.2) is 40.6 Å². The van der Waals surface area contributed by atoms with Gasteiger partial charge in [-0.3, -0.25) is 4.90 Å². The van der Waals surface area contributed by atoms with Crippen LogP contribution >= 0.6 is 0 Å². The maximum Gasteiger partial charge on any atom is 0.125 e. The van der Waals surface area contributed by atoms with Crippen molar-refractivity contribution in [1.29, 1.82) is 0 Å². The molecule has 4 nitrogen and oxygen atoms in total. The van der Waals surface area contributed by atoms with Gasteiger partial charge < -0.3 is 9.88 Å². The van der Waals surface area contributed by atoms with E-state index in [2.05, 4.69) is 26.7 Å². The zero-order valence-electron chi connectivity index (χ0n) is 11.9. The van der Waals surface area contributed by atoms with Gasteiger partial charge in [0, 0.05) is 19.6 Å². The number of fused-ring (bicyclic) bond motifs is 1. The molecule has 1 aromatic heterocycles. The Kier molecular flexibility index (Phi) is 3.98. The molecule has 0 spiro atoms. The van der Waals surface area contributed by atoms with E-state index in [9.17, 15) is 4.39 Å². The number of benzene rings is 1. The summed E-state index contributed by atoms with van der Waals surface area (Å²) in [6.07, 6.45) is 1.17. The maximum absolute atomic E-state index is 13.4. The molecule has 0 saturated carbocycles. The Morgan fingerprint density at radius 2 is 2.20 bits per heavy atom. The highest BCUT2D eigenvalue weighted by molar-refractivity contribution is 5.76. The monoisotopic (exact) mass is 276 g/mol. The van der Waals surface area contributed by atoms with E-state index in [0.29, 0.717) is 0 Å². The molecule has 5 heteroatoms. The van der Waals surface area contributed by atoms with Gasteiger partial charge in [-0.05, 0) is 44.6 Å². The number of nitrogens with one attached hydrogen (secondary N) is 1. The predicted molar refractivity (Wildman–Crippen MR) is 78.1 cm³/mol. The SMILES string of the molecule is CCn1c(CN2CCCNCC2)nc2ccc(F)cc21. The normalized spacial score (nSPS) is 17.5. The molecule has 1 saturated heterocycles. The first kappa shape index (κ1) is 13.5. The summed E-state index contributed by atoms with van der Waals surface area (Å²) in [6.45, 7) is 8.00. The largest absolute Gasteiger partial charge is 0.327 e. The highest BCUT2D eigenvalue weighted by Gasteiger charge is 2.15. The van der Waals surface area contributed by atoms with Crippen LogP contribution in [-0.2, 0) is 13.1 Å². The van der Waals surface area contributed by atoms with E-state index in [1.165, 1.54) is 12.5 Å². The topological polar surface area (TPSA) is 33.1 Å². The van der Waals surface area contributed by atoms with Crippen molar-refractivity contribution in [1.82, 2.24) is 19.8 Å². The average Bonchev–Trinajstić information content (AvgIpc) is 2.61. The first-order chi connectivity index (χ1) is 9.78. The third-order valence-corrected chi connectivity index (χ3v) is 3.90. The Morgan fingerprint density at radius 1 is 1.30 bits per heavy atom. The summed E-state index contributed by atoms with van der Waals surface area (Å²) < 4.78 is 15.5. The molecule has 1 fully saturated rings. The van der Waals surface area contributed by atoms with Crippen LogP contribution in [0.15, 0.2) is 18.2 Å². The third-order valence-electron chi connectivity index (χ3n) is 3.90. The van der Waals surface area contributed by atoms with Crippen molar-refractivity contribution in [2.45, 2.75) is 26.4 Å². The van der Waals surface area contributed by atoms with Crippen LogP contribution in [0.2, 0.25) is 0 Å². The molecule has 1 N–H and O–H groups in total. The fraction of sp³-hybridized carbons (Fsp3) is 0.533. The van der Waals surface area contributed by atoms with Gasteiger partial charge in [0.15, 0.2) is 0 Å². The molecule has 108 valence electrons.